The third kappa shape index (κ3) is 5.54. The molecule has 1 aliphatic rings. The largest absolute Gasteiger partial charge is 0.349 e. The summed E-state index contributed by atoms with van der Waals surface area (Å²) < 4.78 is 1.92. The monoisotopic (exact) mass is 364 g/mol. The Morgan fingerprint density at radius 1 is 1.00 bits per heavy atom. The molecule has 1 aromatic rings. The smallest absolute Gasteiger partial charge is 0.287 e. The summed E-state index contributed by atoms with van der Waals surface area (Å²) in [5.41, 5.74) is 1.29. The number of carbonyl (C=O) groups is 2. The zero-order valence-corrected chi connectivity index (χ0v) is 16.5. The van der Waals surface area contributed by atoms with Crippen molar-refractivity contribution < 1.29 is 9.59 Å². The molecule has 2 N–H and O–H groups in total. The molecule has 1 aromatic heterocycles. The van der Waals surface area contributed by atoms with Crippen molar-refractivity contribution in [1.29, 1.82) is 0 Å². The summed E-state index contributed by atoms with van der Waals surface area (Å²) in [6, 6.07) is 0. The summed E-state index contributed by atoms with van der Waals surface area (Å²) in [5, 5.41) is 5.83. The van der Waals surface area contributed by atoms with Crippen molar-refractivity contribution in [1.82, 2.24) is 30.0 Å². The number of amides is 2. The summed E-state index contributed by atoms with van der Waals surface area (Å²) in [7, 11) is 7.94. The van der Waals surface area contributed by atoms with Gasteiger partial charge >= 0.3 is 0 Å². The fourth-order valence-corrected chi connectivity index (χ4v) is 3.05. The maximum absolute atomic E-state index is 12.6. The quantitative estimate of drug-likeness (QED) is 0.612. The number of hydrogen-bond donors (Lipinski definition) is 2. The third-order valence-electron chi connectivity index (χ3n) is 4.45. The summed E-state index contributed by atoms with van der Waals surface area (Å²) >= 11 is 0. The van der Waals surface area contributed by atoms with Crippen LogP contribution in [0.3, 0.4) is 0 Å². The Balaban J connectivity index is 2.06. The first-order valence-electron chi connectivity index (χ1n) is 9.35. The highest BCUT2D eigenvalue weighted by Crippen LogP contribution is 2.21. The van der Waals surface area contributed by atoms with Gasteiger partial charge in [-0.15, -0.1) is 0 Å². The first-order chi connectivity index (χ1) is 12.4. The molecular weight excluding hydrogens is 332 g/mol. The van der Waals surface area contributed by atoms with Crippen LogP contribution in [0.25, 0.3) is 0 Å². The number of imidazole rings is 1. The normalized spacial score (nSPS) is 13.8. The molecule has 26 heavy (non-hydrogen) atoms. The average Bonchev–Trinajstić information content (AvgIpc) is 2.98. The number of nitrogens with zero attached hydrogens (tertiary/aromatic N) is 4. The van der Waals surface area contributed by atoms with Crippen molar-refractivity contribution in [3.8, 4) is 0 Å². The van der Waals surface area contributed by atoms with E-state index in [0.29, 0.717) is 24.6 Å². The first-order valence-corrected chi connectivity index (χ1v) is 9.35. The number of carbonyl (C=O) groups excluding carboxylic acids is 2. The molecule has 0 bridgehead atoms. The fraction of sp³-hybridized carbons (Fsp3) is 0.722. The lowest BCUT2D eigenvalue weighted by molar-refractivity contribution is 0.0936. The van der Waals surface area contributed by atoms with Gasteiger partial charge in [-0.3, -0.25) is 9.59 Å². The Kier molecular flexibility index (Phi) is 7.59. The second-order valence-electron chi connectivity index (χ2n) is 7.31. The van der Waals surface area contributed by atoms with E-state index >= 15 is 0 Å². The molecule has 2 heterocycles. The van der Waals surface area contributed by atoms with Gasteiger partial charge in [0.05, 0.1) is 5.69 Å². The van der Waals surface area contributed by atoms with Gasteiger partial charge < -0.3 is 25.0 Å². The highest BCUT2D eigenvalue weighted by molar-refractivity contribution is 5.97. The number of hydrogen-bond acceptors (Lipinski definition) is 5. The average molecular weight is 364 g/mol. The summed E-state index contributed by atoms with van der Waals surface area (Å²) in [6.45, 7) is 3.59. The molecule has 2 rings (SSSR count). The van der Waals surface area contributed by atoms with Crippen molar-refractivity contribution in [3.05, 3.63) is 17.2 Å². The molecule has 0 spiro atoms. The minimum Gasteiger partial charge on any atom is -0.349 e. The van der Waals surface area contributed by atoms with Crippen LogP contribution in [0.4, 0.5) is 0 Å². The van der Waals surface area contributed by atoms with Crippen molar-refractivity contribution in [2.45, 2.75) is 32.2 Å². The van der Waals surface area contributed by atoms with E-state index in [1.54, 1.807) is 0 Å². The van der Waals surface area contributed by atoms with Crippen LogP contribution in [0.2, 0.25) is 0 Å². The van der Waals surface area contributed by atoms with Gasteiger partial charge in [-0.25, -0.2) is 4.98 Å². The van der Waals surface area contributed by atoms with Gasteiger partial charge in [0.25, 0.3) is 11.8 Å². The van der Waals surface area contributed by atoms with Crippen molar-refractivity contribution in [3.63, 3.8) is 0 Å². The number of likely N-dealkylation sites (N-methyl/N-ethyl adjacent to an activating group) is 1. The molecule has 0 radical (unpaired) electrons. The minimum absolute atomic E-state index is 0.191. The molecule has 0 fully saturated rings. The van der Waals surface area contributed by atoms with Gasteiger partial charge in [0.15, 0.2) is 5.82 Å². The maximum atomic E-state index is 12.6. The highest BCUT2D eigenvalue weighted by Gasteiger charge is 2.27. The topological polar surface area (TPSA) is 82.5 Å². The van der Waals surface area contributed by atoms with Gasteiger partial charge in [-0.1, -0.05) is 0 Å². The molecule has 2 amide bonds. The van der Waals surface area contributed by atoms with Gasteiger partial charge in [-0.2, -0.15) is 0 Å². The zero-order valence-electron chi connectivity index (χ0n) is 16.5. The second kappa shape index (κ2) is 9.68. The Morgan fingerprint density at radius 2 is 1.69 bits per heavy atom. The Bertz CT molecular complexity index is 623. The predicted octanol–water partition coefficient (Wildman–Crippen LogP) is 0.192. The van der Waals surface area contributed by atoms with Crippen molar-refractivity contribution in [2.24, 2.45) is 0 Å². The van der Waals surface area contributed by atoms with Crippen LogP contribution in [0.15, 0.2) is 0 Å². The van der Waals surface area contributed by atoms with Gasteiger partial charge in [0.2, 0.25) is 0 Å². The number of fused-ring (bicyclic) bond motifs is 1. The van der Waals surface area contributed by atoms with Crippen LogP contribution in [0.1, 0.15) is 46.1 Å². The number of aromatic nitrogens is 2. The van der Waals surface area contributed by atoms with E-state index in [4.69, 9.17) is 0 Å². The Hall–Kier alpha value is -1.93. The fourth-order valence-electron chi connectivity index (χ4n) is 3.05. The molecule has 0 atom stereocenters. The predicted molar refractivity (Wildman–Crippen MR) is 102 cm³/mol. The lowest BCUT2D eigenvalue weighted by Crippen LogP contribution is -2.32. The standard InChI is InChI=1S/C18H32N6O2/c1-22(2)11-7-9-19-18(26)16-21-15(14-8-5-6-12-24(14)16)17(25)20-10-13-23(3)4/h5-13H2,1-4H3,(H,19,26)(H,20,25). The number of rotatable bonds is 9. The van der Waals surface area contributed by atoms with E-state index in [1.165, 1.54) is 0 Å². The summed E-state index contributed by atoms with van der Waals surface area (Å²) in [4.78, 5) is 33.6. The molecule has 8 nitrogen and oxygen atoms in total. The molecule has 0 aromatic carbocycles. The Labute approximate surface area is 155 Å². The van der Waals surface area contributed by atoms with E-state index in [0.717, 1.165) is 51.0 Å². The van der Waals surface area contributed by atoms with E-state index in [1.807, 2.05) is 37.7 Å². The lowest BCUT2D eigenvalue weighted by atomic mass is 10.1. The van der Waals surface area contributed by atoms with Crippen LogP contribution in [0, 0.1) is 0 Å². The summed E-state index contributed by atoms with van der Waals surface area (Å²) in [5.74, 6) is -0.0225. The molecular formula is C18H32N6O2. The van der Waals surface area contributed by atoms with E-state index in [9.17, 15) is 9.59 Å². The SMILES string of the molecule is CN(C)CCCNC(=O)c1nc(C(=O)NCCN(C)C)c2n1CCCC2. The molecule has 0 unspecified atom stereocenters. The highest BCUT2D eigenvalue weighted by atomic mass is 16.2. The number of nitrogens with one attached hydrogen (secondary N) is 2. The molecule has 0 saturated carbocycles. The third-order valence-corrected chi connectivity index (χ3v) is 4.45. The minimum atomic E-state index is -0.195. The van der Waals surface area contributed by atoms with E-state index < -0.39 is 0 Å². The second-order valence-corrected chi connectivity index (χ2v) is 7.31. The Morgan fingerprint density at radius 3 is 2.38 bits per heavy atom. The van der Waals surface area contributed by atoms with Crippen LogP contribution >= 0.6 is 0 Å². The molecule has 8 heteroatoms. The van der Waals surface area contributed by atoms with Gasteiger partial charge in [-0.05, 0) is 60.4 Å². The van der Waals surface area contributed by atoms with Crippen LogP contribution in [-0.4, -0.2) is 85.5 Å². The van der Waals surface area contributed by atoms with Crippen LogP contribution in [-0.2, 0) is 13.0 Å². The molecule has 1 aliphatic heterocycles. The molecule has 146 valence electrons. The summed E-state index contributed by atoms with van der Waals surface area (Å²) in [6.07, 6.45) is 3.70. The zero-order chi connectivity index (χ0) is 19.1. The van der Waals surface area contributed by atoms with E-state index in [-0.39, 0.29) is 11.8 Å². The van der Waals surface area contributed by atoms with Gasteiger partial charge in [0.1, 0.15) is 5.69 Å². The molecule has 0 aliphatic carbocycles. The van der Waals surface area contributed by atoms with E-state index in [2.05, 4.69) is 20.5 Å². The van der Waals surface area contributed by atoms with Crippen LogP contribution in [0.5, 0.6) is 0 Å². The van der Waals surface area contributed by atoms with Crippen molar-refractivity contribution in [2.75, 3.05) is 54.4 Å². The maximum Gasteiger partial charge on any atom is 0.287 e. The van der Waals surface area contributed by atoms with Gasteiger partial charge in [0, 0.05) is 26.2 Å². The van der Waals surface area contributed by atoms with Crippen LogP contribution < -0.4 is 10.6 Å². The molecule has 0 saturated heterocycles. The van der Waals surface area contributed by atoms with Crippen molar-refractivity contribution >= 4 is 11.8 Å². The first kappa shape index (κ1) is 20.4. The lowest BCUT2D eigenvalue weighted by Gasteiger charge is -2.17.